The van der Waals surface area contributed by atoms with Gasteiger partial charge < -0.3 is 10.6 Å². The molecule has 2 rings (SSSR count). The standard InChI is InChI=1S/C14H17Cl2N3S/c1-3-5-17-13-11(15)7-12(16)14(19-13)18-9(2)10-4-6-20-8-10/h4,6-9H,3,5H2,1-2H3,(H2,17,18,19). The van der Waals surface area contributed by atoms with Gasteiger partial charge in [-0.05, 0) is 41.8 Å². The molecule has 2 heterocycles. The third-order valence-electron chi connectivity index (χ3n) is 2.87. The second-order valence-electron chi connectivity index (χ2n) is 4.50. The Morgan fingerprint density at radius 2 is 2.05 bits per heavy atom. The second kappa shape index (κ2) is 7.16. The smallest absolute Gasteiger partial charge is 0.147 e. The third kappa shape index (κ3) is 3.78. The number of anilines is 2. The first-order chi connectivity index (χ1) is 9.61. The van der Waals surface area contributed by atoms with E-state index >= 15 is 0 Å². The molecular formula is C14H17Cl2N3S. The van der Waals surface area contributed by atoms with Crippen molar-refractivity contribution >= 4 is 46.2 Å². The van der Waals surface area contributed by atoms with Gasteiger partial charge in [-0.1, -0.05) is 30.1 Å². The fraction of sp³-hybridized carbons (Fsp3) is 0.357. The number of halogens is 2. The Kier molecular flexibility index (Phi) is 5.52. The van der Waals surface area contributed by atoms with Crippen molar-refractivity contribution in [3.63, 3.8) is 0 Å². The van der Waals surface area contributed by atoms with Gasteiger partial charge in [-0.3, -0.25) is 0 Å². The van der Waals surface area contributed by atoms with Crippen LogP contribution in [0.1, 0.15) is 31.9 Å². The predicted octanol–water partition coefficient (Wildman–Crippen LogP) is 5.44. The molecule has 6 heteroatoms. The lowest BCUT2D eigenvalue weighted by Crippen LogP contribution is -2.10. The highest BCUT2D eigenvalue weighted by atomic mass is 35.5. The van der Waals surface area contributed by atoms with Gasteiger partial charge in [0.25, 0.3) is 0 Å². The van der Waals surface area contributed by atoms with E-state index in [1.165, 1.54) is 5.56 Å². The summed E-state index contributed by atoms with van der Waals surface area (Å²) in [7, 11) is 0. The summed E-state index contributed by atoms with van der Waals surface area (Å²) in [5, 5.41) is 11.7. The van der Waals surface area contributed by atoms with E-state index in [4.69, 9.17) is 23.2 Å². The van der Waals surface area contributed by atoms with E-state index in [1.54, 1.807) is 17.4 Å². The Bertz CT molecular complexity index is 558. The van der Waals surface area contributed by atoms with Crippen LogP contribution in [0.2, 0.25) is 10.0 Å². The molecule has 3 nitrogen and oxygen atoms in total. The van der Waals surface area contributed by atoms with E-state index in [9.17, 15) is 0 Å². The van der Waals surface area contributed by atoms with Gasteiger partial charge in [-0.15, -0.1) is 0 Å². The lowest BCUT2D eigenvalue weighted by Gasteiger charge is -2.16. The molecule has 0 aliphatic rings. The highest BCUT2D eigenvalue weighted by Crippen LogP contribution is 2.31. The molecular weight excluding hydrogens is 313 g/mol. The molecule has 1 unspecified atom stereocenters. The molecule has 20 heavy (non-hydrogen) atoms. The van der Waals surface area contributed by atoms with Gasteiger partial charge >= 0.3 is 0 Å². The average Bonchev–Trinajstić information content (AvgIpc) is 2.94. The van der Waals surface area contributed by atoms with Gasteiger partial charge in [0.1, 0.15) is 11.6 Å². The van der Waals surface area contributed by atoms with E-state index in [0.29, 0.717) is 21.7 Å². The zero-order chi connectivity index (χ0) is 14.5. The van der Waals surface area contributed by atoms with Gasteiger partial charge in [0.15, 0.2) is 0 Å². The molecule has 2 N–H and O–H groups in total. The Morgan fingerprint density at radius 3 is 2.70 bits per heavy atom. The summed E-state index contributed by atoms with van der Waals surface area (Å²) in [6, 6.07) is 3.95. The van der Waals surface area contributed by atoms with Gasteiger partial charge in [0.05, 0.1) is 16.1 Å². The zero-order valence-corrected chi connectivity index (χ0v) is 13.7. The van der Waals surface area contributed by atoms with E-state index < -0.39 is 0 Å². The summed E-state index contributed by atoms with van der Waals surface area (Å²) in [5.41, 5.74) is 1.21. The lowest BCUT2D eigenvalue weighted by atomic mass is 10.2. The number of hydrogen-bond donors (Lipinski definition) is 2. The summed E-state index contributed by atoms with van der Waals surface area (Å²) in [6.07, 6.45) is 1.01. The summed E-state index contributed by atoms with van der Waals surface area (Å²) in [5.74, 6) is 1.31. The molecule has 108 valence electrons. The van der Waals surface area contributed by atoms with Crippen LogP contribution in [0.5, 0.6) is 0 Å². The number of pyridine rings is 1. The first kappa shape index (κ1) is 15.4. The molecule has 0 bridgehead atoms. The maximum absolute atomic E-state index is 6.21. The minimum absolute atomic E-state index is 0.145. The molecule has 0 fully saturated rings. The van der Waals surface area contributed by atoms with Crippen LogP contribution in [0.25, 0.3) is 0 Å². The number of nitrogens with zero attached hydrogens (tertiary/aromatic N) is 1. The molecule has 0 aliphatic carbocycles. The molecule has 0 amide bonds. The fourth-order valence-corrected chi connectivity index (χ4v) is 2.98. The van der Waals surface area contributed by atoms with Crippen LogP contribution in [0, 0.1) is 0 Å². The molecule has 2 aromatic rings. The van der Waals surface area contributed by atoms with Crippen molar-refractivity contribution in [3.8, 4) is 0 Å². The Hall–Kier alpha value is -0.970. The van der Waals surface area contributed by atoms with Crippen molar-refractivity contribution in [1.82, 2.24) is 4.98 Å². The van der Waals surface area contributed by atoms with Crippen LogP contribution >= 0.6 is 34.5 Å². The number of hydrogen-bond acceptors (Lipinski definition) is 4. The van der Waals surface area contributed by atoms with Crippen LogP contribution in [0.15, 0.2) is 22.9 Å². The van der Waals surface area contributed by atoms with Crippen LogP contribution in [-0.2, 0) is 0 Å². The van der Waals surface area contributed by atoms with E-state index in [2.05, 4.69) is 46.3 Å². The summed E-state index contributed by atoms with van der Waals surface area (Å²) >= 11 is 14.0. The van der Waals surface area contributed by atoms with Crippen molar-refractivity contribution in [1.29, 1.82) is 0 Å². The monoisotopic (exact) mass is 329 g/mol. The SMILES string of the molecule is CCCNc1nc(NC(C)c2ccsc2)c(Cl)cc1Cl. The van der Waals surface area contributed by atoms with E-state index in [-0.39, 0.29) is 6.04 Å². The normalized spacial score (nSPS) is 12.2. The lowest BCUT2D eigenvalue weighted by molar-refractivity contribution is 0.879. The maximum Gasteiger partial charge on any atom is 0.147 e. The second-order valence-corrected chi connectivity index (χ2v) is 6.09. The van der Waals surface area contributed by atoms with Gasteiger partial charge in [0, 0.05) is 6.54 Å². The molecule has 0 saturated heterocycles. The third-order valence-corrected chi connectivity index (χ3v) is 4.15. The maximum atomic E-state index is 6.21. The van der Waals surface area contributed by atoms with Crippen molar-refractivity contribution in [2.75, 3.05) is 17.2 Å². The highest BCUT2D eigenvalue weighted by Gasteiger charge is 2.12. The summed E-state index contributed by atoms with van der Waals surface area (Å²) in [4.78, 5) is 4.48. The molecule has 2 aromatic heterocycles. The Balaban J connectivity index is 2.18. The Labute approximate surface area is 133 Å². The van der Waals surface area contributed by atoms with E-state index in [1.807, 2.05) is 0 Å². The Morgan fingerprint density at radius 1 is 1.30 bits per heavy atom. The number of thiophene rings is 1. The summed E-state index contributed by atoms with van der Waals surface area (Å²) < 4.78 is 0. The first-order valence-corrected chi connectivity index (χ1v) is 8.20. The molecule has 0 aromatic carbocycles. The van der Waals surface area contributed by atoms with Crippen molar-refractivity contribution in [3.05, 3.63) is 38.5 Å². The minimum Gasteiger partial charge on any atom is -0.369 e. The van der Waals surface area contributed by atoms with Gasteiger partial charge in [-0.2, -0.15) is 11.3 Å². The van der Waals surface area contributed by atoms with Crippen molar-refractivity contribution in [2.45, 2.75) is 26.3 Å². The molecule has 1 atom stereocenters. The van der Waals surface area contributed by atoms with Crippen molar-refractivity contribution in [2.24, 2.45) is 0 Å². The van der Waals surface area contributed by atoms with E-state index in [0.717, 1.165) is 13.0 Å². The topological polar surface area (TPSA) is 37.0 Å². The molecule has 0 aliphatic heterocycles. The quantitative estimate of drug-likeness (QED) is 0.740. The van der Waals surface area contributed by atoms with Gasteiger partial charge in [0.2, 0.25) is 0 Å². The average molecular weight is 330 g/mol. The van der Waals surface area contributed by atoms with Gasteiger partial charge in [-0.25, -0.2) is 4.98 Å². The minimum atomic E-state index is 0.145. The molecule has 0 spiro atoms. The van der Waals surface area contributed by atoms with Crippen molar-refractivity contribution < 1.29 is 0 Å². The first-order valence-electron chi connectivity index (χ1n) is 6.50. The molecule has 0 saturated carbocycles. The summed E-state index contributed by atoms with van der Waals surface area (Å²) in [6.45, 7) is 5.00. The number of aromatic nitrogens is 1. The fourth-order valence-electron chi connectivity index (χ4n) is 1.74. The zero-order valence-electron chi connectivity index (χ0n) is 11.4. The largest absolute Gasteiger partial charge is 0.369 e. The van der Waals surface area contributed by atoms with Crippen LogP contribution in [0.3, 0.4) is 0 Å². The van der Waals surface area contributed by atoms with Crippen LogP contribution in [0.4, 0.5) is 11.6 Å². The highest BCUT2D eigenvalue weighted by molar-refractivity contribution is 7.08. The molecule has 0 radical (unpaired) electrons. The predicted molar refractivity (Wildman–Crippen MR) is 89.4 cm³/mol. The number of rotatable bonds is 6. The van der Waals surface area contributed by atoms with Crippen LogP contribution in [-0.4, -0.2) is 11.5 Å². The number of nitrogens with one attached hydrogen (secondary N) is 2. The van der Waals surface area contributed by atoms with Crippen LogP contribution < -0.4 is 10.6 Å².